The number of amides is 2. The number of nitrogens with one attached hydrogen (secondary N) is 1. The van der Waals surface area contributed by atoms with Gasteiger partial charge in [0.1, 0.15) is 0 Å². The van der Waals surface area contributed by atoms with Gasteiger partial charge in [-0.25, -0.2) is 4.79 Å². The molecule has 1 unspecified atom stereocenters. The van der Waals surface area contributed by atoms with Crippen molar-refractivity contribution in [3.63, 3.8) is 0 Å². The molecule has 0 aromatic heterocycles. The lowest BCUT2D eigenvalue weighted by Crippen LogP contribution is -2.21. The van der Waals surface area contributed by atoms with Gasteiger partial charge in [0.15, 0.2) is 0 Å². The number of carbonyl (C=O) groups excluding carboxylic acids is 2. The Kier molecular flexibility index (Phi) is 3.01. The lowest BCUT2D eigenvalue weighted by molar-refractivity contribution is -0.132. The summed E-state index contributed by atoms with van der Waals surface area (Å²) in [7, 11) is 0. The van der Waals surface area contributed by atoms with Crippen molar-refractivity contribution in [3.05, 3.63) is 11.6 Å². The third-order valence-corrected chi connectivity index (χ3v) is 2.06. The predicted molar refractivity (Wildman–Crippen MR) is 47.3 cm³/mol. The van der Waals surface area contributed by atoms with Gasteiger partial charge in [0.25, 0.3) is 0 Å². The fraction of sp³-hybridized carbons (Fsp3) is 0.444. The number of hydrogen-bond donors (Lipinski definition) is 2. The van der Waals surface area contributed by atoms with Gasteiger partial charge in [-0.15, -0.1) is 0 Å². The Morgan fingerprint density at radius 2 is 2.29 bits per heavy atom. The maximum atomic E-state index is 11.1. The van der Waals surface area contributed by atoms with Crippen LogP contribution in [0, 0.1) is 5.92 Å². The second-order valence-electron chi connectivity index (χ2n) is 3.07. The summed E-state index contributed by atoms with van der Waals surface area (Å²) >= 11 is 0. The normalized spacial score (nSPS) is 22.4. The third-order valence-electron chi connectivity index (χ3n) is 2.06. The standard InChI is InChI=1S/C9H11NO4/c1-2-5(9(13)14)3-6-4-7(11)10-8(6)12/h3,6H,2,4H2,1H3,(H,13,14)(H,10,11,12). The summed E-state index contributed by atoms with van der Waals surface area (Å²) in [5, 5.41) is 10.8. The molecule has 0 spiro atoms. The van der Waals surface area contributed by atoms with Crippen LogP contribution in [0.2, 0.25) is 0 Å². The van der Waals surface area contributed by atoms with Crippen LogP contribution in [0.5, 0.6) is 0 Å². The highest BCUT2D eigenvalue weighted by Gasteiger charge is 2.29. The highest BCUT2D eigenvalue weighted by Crippen LogP contribution is 2.15. The van der Waals surface area contributed by atoms with Crippen LogP contribution in [-0.2, 0) is 14.4 Å². The number of carbonyl (C=O) groups is 3. The van der Waals surface area contributed by atoms with E-state index in [9.17, 15) is 14.4 Å². The average Bonchev–Trinajstić information content (AvgIpc) is 2.40. The van der Waals surface area contributed by atoms with Crippen LogP contribution in [-0.4, -0.2) is 22.9 Å². The van der Waals surface area contributed by atoms with E-state index < -0.39 is 17.8 Å². The summed E-state index contributed by atoms with van der Waals surface area (Å²) in [6.45, 7) is 1.69. The number of hydrogen-bond acceptors (Lipinski definition) is 3. The van der Waals surface area contributed by atoms with Crippen molar-refractivity contribution in [3.8, 4) is 0 Å². The first-order valence-electron chi connectivity index (χ1n) is 4.32. The maximum absolute atomic E-state index is 11.1. The smallest absolute Gasteiger partial charge is 0.331 e. The van der Waals surface area contributed by atoms with Crippen LogP contribution in [0.3, 0.4) is 0 Å². The van der Waals surface area contributed by atoms with Crippen molar-refractivity contribution in [2.24, 2.45) is 5.92 Å². The molecule has 0 saturated carbocycles. The number of aliphatic carboxylic acids is 1. The zero-order chi connectivity index (χ0) is 10.7. The zero-order valence-electron chi connectivity index (χ0n) is 7.74. The highest BCUT2D eigenvalue weighted by atomic mass is 16.4. The van der Waals surface area contributed by atoms with E-state index in [1.807, 2.05) is 0 Å². The molecule has 2 N–H and O–H groups in total. The molecule has 1 fully saturated rings. The molecule has 0 aromatic carbocycles. The van der Waals surface area contributed by atoms with Gasteiger partial charge < -0.3 is 5.11 Å². The van der Waals surface area contributed by atoms with Gasteiger partial charge in [-0.1, -0.05) is 13.0 Å². The molecule has 5 heteroatoms. The molecular weight excluding hydrogens is 186 g/mol. The van der Waals surface area contributed by atoms with Gasteiger partial charge in [0.2, 0.25) is 11.8 Å². The summed E-state index contributed by atoms with van der Waals surface area (Å²) in [5.41, 5.74) is 0.167. The van der Waals surface area contributed by atoms with E-state index >= 15 is 0 Å². The van der Waals surface area contributed by atoms with Crippen LogP contribution < -0.4 is 5.32 Å². The predicted octanol–water partition coefficient (Wildman–Crippen LogP) is 0.0701. The molecule has 1 rings (SSSR count). The average molecular weight is 197 g/mol. The fourth-order valence-corrected chi connectivity index (χ4v) is 1.29. The summed E-state index contributed by atoms with van der Waals surface area (Å²) in [6.07, 6.45) is 1.74. The van der Waals surface area contributed by atoms with Crippen LogP contribution in [0.1, 0.15) is 19.8 Å². The molecule has 0 aromatic rings. The Labute approximate surface area is 80.8 Å². The lowest BCUT2D eigenvalue weighted by atomic mass is 10.0. The highest BCUT2D eigenvalue weighted by molar-refractivity contribution is 6.04. The topological polar surface area (TPSA) is 83.5 Å². The molecule has 1 atom stereocenters. The Hall–Kier alpha value is -1.65. The molecule has 0 aliphatic carbocycles. The largest absolute Gasteiger partial charge is 0.478 e. The second-order valence-corrected chi connectivity index (χ2v) is 3.07. The molecule has 1 aliphatic rings. The van der Waals surface area contributed by atoms with Crippen molar-refractivity contribution in [1.82, 2.24) is 5.32 Å². The summed E-state index contributed by atoms with van der Waals surface area (Å²) in [5.74, 6) is -2.42. The van der Waals surface area contributed by atoms with Crippen molar-refractivity contribution >= 4 is 17.8 Å². The third kappa shape index (κ3) is 2.18. The number of imide groups is 1. The minimum absolute atomic E-state index is 0.0512. The second kappa shape index (κ2) is 4.04. The van der Waals surface area contributed by atoms with E-state index in [1.165, 1.54) is 6.08 Å². The lowest BCUT2D eigenvalue weighted by Gasteiger charge is -2.01. The first-order valence-corrected chi connectivity index (χ1v) is 4.32. The van der Waals surface area contributed by atoms with Crippen molar-refractivity contribution in [2.75, 3.05) is 0 Å². The Bertz CT molecular complexity index is 319. The van der Waals surface area contributed by atoms with Gasteiger partial charge in [0.05, 0.1) is 5.92 Å². The van der Waals surface area contributed by atoms with Gasteiger partial charge in [-0.3, -0.25) is 14.9 Å². The first kappa shape index (κ1) is 10.4. The number of rotatable bonds is 3. The first-order chi connectivity index (χ1) is 6.54. The number of carboxylic acids is 1. The van der Waals surface area contributed by atoms with Crippen molar-refractivity contribution in [1.29, 1.82) is 0 Å². The van der Waals surface area contributed by atoms with E-state index in [0.717, 1.165) is 0 Å². The van der Waals surface area contributed by atoms with Gasteiger partial charge in [0, 0.05) is 12.0 Å². The molecular formula is C9H11NO4. The summed E-state index contributed by atoms with van der Waals surface area (Å²) in [6, 6.07) is 0. The molecule has 1 saturated heterocycles. The quantitative estimate of drug-likeness (QED) is 0.495. The SMILES string of the molecule is CCC(=CC1CC(=O)NC1=O)C(=O)O. The van der Waals surface area contributed by atoms with E-state index in [0.29, 0.717) is 6.42 Å². The van der Waals surface area contributed by atoms with Crippen molar-refractivity contribution in [2.45, 2.75) is 19.8 Å². The molecule has 2 amide bonds. The molecule has 14 heavy (non-hydrogen) atoms. The molecule has 0 radical (unpaired) electrons. The zero-order valence-corrected chi connectivity index (χ0v) is 7.74. The Morgan fingerprint density at radius 1 is 1.64 bits per heavy atom. The van der Waals surface area contributed by atoms with Crippen LogP contribution in [0.4, 0.5) is 0 Å². The van der Waals surface area contributed by atoms with Gasteiger partial charge in [-0.2, -0.15) is 0 Å². The summed E-state index contributed by atoms with van der Waals surface area (Å²) in [4.78, 5) is 32.5. The summed E-state index contributed by atoms with van der Waals surface area (Å²) < 4.78 is 0. The Balaban J connectivity index is 2.80. The monoisotopic (exact) mass is 197 g/mol. The van der Waals surface area contributed by atoms with E-state index in [2.05, 4.69) is 5.32 Å². The van der Waals surface area contributed by atoms with Crippen molar-refractivity contribution < 1.29 is 19.5 Å². The fourth-order valence-electron chi connectivity index (χ4n) is 1.29. The molecule has 76 valence electrons. The molecule has 0 bridgehead atoms. The Morgan fingerprint density at radius 3 is 2.64 bits per heavy atom. The van der Waals surface area contributed by atoms with Gasteiger partial charge in [-0.05, 0) is 6.42 Å². The minimum atomic E-state index is -1.04. The van der Waals surface area contributed by atoms with E-state index in [4.69, 9.17) is 5.11 Å². The molecule has 1 aliphatic heterocycles. The molecule has 5 nitrogen and oxygen atoms in total. The maximum Gasteiger partial charge on any atom is 0.331 e. The van der Waals surface area contributed by atoms with Gasteiger partial charge >= 0.3 is 5.97 Å². The van der Waals surface area contributed by atoms with Crippen LogP contribution in [0.15, 0.2) is 11.6 Å². The van der Waals surface area contributed by atoms with E-state index in [-0.39, 0.29) is 17.9 Å². The number of carboxylic acid groups (broad SMARTS) is 1. The van der Waals surface area contributed by atoms with Crippen LogP contribution >= 0.6 is 0 Å². The minimum Gasteiger partial charge on any atom is -0.478 e. The van der Waals surface area contributed by atoms with Crippen LogP contribution in [0.25, 0.3) is 0 Å². The van der Waals surface area contributed by atoms with E-state index in [1.54, 1.807) is 6.92 Å². The molecule has 1 heterocycles.